The normalized spacial score (nSPS) is 22.4. The minimum atomic E-state index is -4.65. The molecule has 2 fully saturated rings. The van der Waals surface area contributed by atoms with Crippen molar-refractivity contribution in [3.63, 3.8) is 0 Å². The molecule has 0 saturated carbocycles. The summed E-state index contributed by atoms with van der Waals surface area (Å²) >= 11 is 0. The smallest absolute Gasteiger partial charge is 0.379 e. The Bertz CT molecular complexity index is 726. The Morgan fingerprint density at radius 1 is 1.30 bits per heavy atom. The maximum absolute atomic E-state index is 12.7. The first-order valence-corrected chi connectivity index (χ1v) is 8.87. The molecule has 2 aliphatic heterocycles. The van der Waals surface area contributed by atoms with Crippen LogP contribution in [-0.2, 0) is 11.0 Å². The number of nitro benzene ring substituents is 1. The molecule has 2 saturated heterocycles. The van der Waals surface area contributed by atoms with Crippen LogP contribution in [0.3, 0.4) is 0 Å². The van der Waals surface area contributed by atoms with Gasteiger partial charge in [-0.3, -0.25) is 14.9 Å². The summed E-state index contributed by atoms with van der Waals surface area (Å²) in [5.41, 5.74) is -1.77. The van der Waals surface area contributed by atoms with Crippen molar-refractivity contribution in [1.29, 1.82) is 0 Å². The molecule has 0 aromatic heterocycles. The molecule has 7 nitrogen and oxygen atoms in total. The van der Waals surface area contributed by atoms with Crippen molar-refractivity contribution in [2.24, 2.45) is 0 Å². The Balaban J connectivity index is 1.58. The van der Waals surface area contributed by atoms with Crippen molar-refractivity contribution < 1.29 is 22.9 Å². The second-order valence-corrected chi connectivity index (χ2v) is 6.93. The molecular formula is C17H21F3N4O3. The van der Waals surface area contributed by atoms with Crippen LogP contribution < -0.4 is 10.6 Å². The van der Waals surface area contributed by atoms with Gasteiger partial charge in [0.15, 0.2) is 0 Å². The number of alkyl halides is 3. The number of halogens is 3. The zero-order valence-electron chi connectivity index (χ0n) is 14.6. The molecule has 27 heavy (non-hydrogen) atoms. The molecule has 148 valence electrons. The second kappa shape index (κ2) is 7.71. The first-order chi connectivity index (χ1) is 12.7. The predicted molar refractivity (Wildman–Crippen MR) is 92.3 cm³/mol. The monoisotopic (exact) mass is 386 g/mol. The average molecular weight is 386 g/mol. The van der Waals surface area contributed by atoms with Gasteiger partial charge in [-0.1, -0.05) is 0 Å². The fourth-order valence-corrected chi connectivity index (χ4v) is 3.64. The lowest BCUT2D eigenvalue weighted by Crippen LogP contribution is -2.39. The number of amides is 1. The van der Waals surface area contributed by atoms with E-state index in [1.54, 1.807) is 4.90 Å². The number of fused-ring (bicyclic) bond motifs is 2. The van der Waals surface area contributed by atoms with Gasteiger partial charge < -0.3 is 15.5 Å². The van der Waals surface area contributed by atoms with E-state index in [0.717, 1.165) is 31.4 Å². The minimum Gasteiger partial charge on any atom is -0.379 e. The second-order valence-electron chi connectivity index (χ2n) is 6.93. The SMILES string of the molecule is O=C(CCNc1ccc(C(F)(F)F)cc1[N+](=O)[O-])N1CCC2CCC(C1)N2. The van der Waals surface area contributed by atoms with Crippen LogP contribution in [0, 0.1) is 10.1 Å². The molecule has 2 atom stereocenters. The van der Waals surface area contributed by atoms with Gasteiger partial charge >= 0.3 is 6.18 Å². The van der Waals surface area contributed by atoms with Crippen LogP contribution in [0.25, 0.3) is 0 Å². The number of benzene rings is 1. The number of hydrogen-bond acceptors (Lipinski definition) is 5. The lowest BCUT2D eigenvalue weighted by Gasteiger charge is -2.24. The van der Waals surface area contributed by atoms with Gasteiger partial charge in [-0.15, -0.1) is 0 Å². The highest BCUT2D eigenvalue weighted by Gasteiger charge is 2.33. The number of hydrogen-bond donors (Lipinski definition) is 2. The van der Waals surface area contributed by atoms with E-state index < -0.39 is 22.4 Å². The molecule has 0 radical (unpaired) electrons. The van der Waals surface area contributed by atoms with Gasteiger partial charge in [0, 0.05) is 44.2 Å². The van der Waals surface area contributed by atoms with E-state index in [9.17, 15) is 28.1 Å². The Hall–Kier alpha value is -2.36. The van der Waals surface area contributed by atoms with Crippen LogP contribution in [0.15, 0.2) is 18.2 Å². The summed E-state index contributed by atoms with van der Waals surface area (Å²) in [7, 11) is 0. The van der Waals surface area contributed by atoms with Gasteiger partial charge in [-0.25, -0.2) is 0 Å². The van der Waals surface area contributed by atoms with Crippen molar-refractivity contribution in [2.45, 2.75) is 43.9 Å². The van der Waals surface area contributed by atoms with E-state index in [-0.39, 0.29) is 24.6 Å². The van der Waals surface area contributed by atoms with Crippen LogP contribution in [0.5, 0.6) is 0 Å². The summed E-state index contributed by atoms with van der Waals surface area (Å²) in [5, 5.41) is 17.3. The van der Waals surface area contributed by atoms with Crippen molar-refractivity contribution in [2.75, 3.05) is 25.0 Å². The first-order valence-electron chi connectivity index (χ1n) is 8.87. The van der Waals surface area contributed by atoms with Gasteiger partial charge in [-0.05, 0) is 31.4 Å². The first kappa shape index (κ1) is 19.4. The molecule has 10 heteroatoms. The van der Waals surface area contributed by atoms with E-state index >= 15 is 0 Å². The standard InChI is InChI=1S/C17H21F3N4O3/c18-17(19,20)11-1-4-14(15(9-11)24(26)27)21-7-5-16(25)23-8-6-12-2-3-13(10-23)22-12/h1,4,9,12-13,21-22H,2-3,5-8,10H2. The zero-order chi connectivity index (χ0) is 19.6. The predicted octanol–water partition coefficient (Wildman–Crippen LogP) is 2.77. The third kappa shape index (κ3) is 4.68. The molecule has 2 N–H and O–H groups in total. The number of likely N-dealkylation sites (tertiary alicyclic amines) is 1. The summed E-state index contributed by atoms with van der Waals surface area (Å²) in [6, 6.07) is 3.09. The summed E-state index contributed by atoms with van der Waals surface area (Å²) in [6.07, 6.45) is -1.45. The van der Waals surface area contributed by atoms with Gasteiger partial charge in [0.2, 0.25) is 5.91 Å². The van der Waals surface area contributed by atoms with Gasteiger partial charge in [0.1, 0.15) is 5.69 Å². The number of rotatable bonds is 5. The maximum atomic E-state index is 12.7. The quantitative estimate of drug-likeness (QED) is 0.600. The Kier molecular flexibility index (Phi) is 5.54. The Morgan fingerprint density at radius 2 is 2.04 bits per heavy atom. The maximum Gasteiger partial charge on any atom is 0.416 e. The molecule has 2 bridgehead atoms. The van der Waals surface area contributed by atoms with Gasteiger partial charge in [0.05, 0.1) is 10.5 Å². The molecular weight excluding hydrogens is 365 g/mol. The molecule has 2 heterocycles. The molecule has 1 aromatic rings. The lowest BCUT2D eigenvalue weighted by molar-refractivity contribution is -0.384. The number of anilines is 1. The summed E-state index contributed by atoms with van der Waals surface area (Å²) in [6.45, 7) is 1.44. The van der Waals surface area contributed by atoms with Crippen molar-refractivity contribution in [3.8, 4) is 0 Å². The molecule has 0 spiro atoms. The van der Waals surface area contributed by atoms with Gasteiger partial charge in [-0.2, -0.15) is 13.2 Å². The highest BCUT2D eigenvalue weighted by molar-refractivity contribution is 5.77. The van der Waals surface area contributed by atoms with Crippen LogP contribution in [0.2, 0.25) is 0 Å². The van der Waals surface area contributed by atoms with E-state index in [4.69, 9.17) is 0 Å². The number of nitro groups is 1. The third-order valence-corrected chi connectivity index (χ3v) is 5.05. The van der Waals surface area contributed by atoms with Gasteiger partial charge in [0.25, 0.3) is 5.69 Å². The van der Waals surface area contributed by atoms with Crippen LogP contribution >= 0.6 is 0 Å². The fraction of sp³-hybridized carbons (Fsp3) is 0.588. The van der Waals surface area contributed by atoms with E-state index in [1.165, 1.54) is 0 Å². The van der Waals surface area contributed by atoms with E-state index in [2.05, 4.69) is 10.6 Å². The number of carbonyl (C=O) groups is 1. The third-order valence-electron chi connectivity index (χ3n) is 5.05. The highest BCUT2D eigenvalue weighted by atomic mass is 19.4. The summed E-state index contributed by atoms with van der Waals surface area (Å²) in [4.78, 5) is 24.4. The van der Waals surface area contributed by atoms with Crippen LogP contribution in [0.4, 0.5) is 24.5 Å². The van der Waals surface area contributed by atoms with Crippen molar-refractivity contribution >= 4 is 17.3 Å². The van der Waals surface area contributed by atoms with Crippen LogP contribution in [0.1, 0.15) is 31.2 Å². The largest absolute Gasteiger partial charge is 0.416 e. The Labute approximate surface area is 154 Å². The fourth-order valence-electron chi connectivity index (χ4n) is 3.64. The van der Waals surface area contributed by atoms with E-state index in [1.807, 2.05) is 0 Å². The Morgan fingerprint density at radius 3 is 2.74 bits per heavy atom. The molecule has 2 aliphatic rings. The highest BCUT2D eigenvalue weighted by Crippen LogP contribution is 2.35. The molecule has 3 rings (SSSR count). The summed E-state index contributed by atoms with van der Waals surface area (Å²) < 4.78 is 38.2. The molecule has 0 aliphatic carbocycles. The number of nitrogens with one attached hydrogen (secondary N) is 2. The van der Waals surface area contributed by atoms with Crippen molar-refractivity contribution in [1.82, 2.24) is 10.2 Å². The topological polar surface area (TPSA) is 87.5 Å². The zero-order valence-corrected chi connectivity index (χ0v) is 14.6. The van der Waals surface area contributed by atoms with Crippen LogP contribution in [-0.4, -0.2) is 47.4 Å². The van der Waals surface area contributed by atoms with Crippen molar-refractivity contribution in [3.05, 3.63) is 33.9 Å². The number of nitrogens with zero attached hydrogens (tertiary/aromatic N) is 2. The minimum absolute atomic E-state index is 0.0302. The molecule has 1 aromatic carbocycles. The molecule has 1 amide bonds. The average Bonchev–Trinajstić information content (AvgIpc) is 2.92. The summed E-state index contributed by atoms with van der Waals surface area (Å²) in [5.74, 6) is -0.0635. The lowest BCUT2D eigenvalue weighted by atomic mass is 10.1. The number of carbonyl (C=O) groups excluding carboxylic acids is 1. The van der Waals surface area contributed by atoms with E-state index in [0.29, 0.717) is 31.2 Å². The molecule has 2 unspecified atom stereocenters.